The van der Waals surface area contributed by atoms with Crippen LogP contribution in [0.5, 0.6) is 5.75 Å². The molecule has 0 aliphatic rings. The SMILES string of the molecule is CCCC(CCC)COc1cccc([C@H](O)CCC)c1. The Kier molecular flexibility index (Phi) is 8.36. The summed E-state index contributed by atoms with van der Waals surface area (Å²) in [5.74, 6) is 1.53. The van der Waals surface area contributed by atoms with Crippen molar-refractivity contribution in [1.82, 2.24) is 0 Å². The van der Waals surface area contributed by atoms with Crippen molar-refractivity contribution in [3.8, 4) is 5.75 Å². The van der Waals surface area contributed by atoms with Gasteiger partial charge in [0.1, 0.15) is 5.75 Å². The quantitative estimate of drug-likeness (QED) is 0.644. The van der Waals surface area contributed by atoms with E-state index in [0.717, 1.165) is 30.8 Å². The predicted molar refractivity (Wildman–Crippen MR) is 85.1 cm³/mol. The van der Waals surface area contributed by atoms with Crippen molar-refractivity contribution >= 4 is 0 Å². The molecule has 1 rings (SSSR count). The summed E-state index contributed by atoms with van der Waals surface area (Å²) in [6.45, 7) is 7.33. The Morgan fingerprint density at radius 2 is 1.65 bits per heavy atom. The van der Waals surface area contributed by atoms with Crippen LogP contribution in [0.2, 0.25) is 0 Å². The molecule has 1 aromatic rings. The fraction of sp³-hybridized carbons (Fsp3) is 0.667. The van der Waals surface area contributed by atoms with Crippen LogP contribution in [0.4, 0.5) is 0 Å². The predicted octanol–water partition coefficient (Wildman–Crippen LogP) is 5.12. The Balaban J connectivity index is 2.56. The third kappa shape index (κ3) is 5.96. The van der Waals surface area contributed by atoms with Gasteiger partial charge in [-0.05, 0) is 42.9 Å². The molecule has 0 bridgehead atoms. The van der Waals surface area contributed by atoms with Crippen molar-refractivity contribution in [3.05, 3.63) is 29.8 Å². The molecule has 0 heterocycles. The van der Waals surface area contributed by atoms with Crippen LogP contribution < -0.4 is 4.74 Å². The Morgan fingerprint density at radius 3 is 2.25 bits per heavy atom. The van der Waals surface area contributed by atoms with E-state index in [-0.39, 0.29) is 6.10 Å². The number of aliphatic hydroxyl groups is 1. The Bertz CT molecular complexity index is 356. The number of rotatable bonds is 10. The zero-order valence-corrected chi connectivity index (χ0v) is 13.3. The Hall–Kier alpha value is -1.02. The monoisotopic (exact) mass is 278 g/mol. The molecule has 0 fully saturated rings. The van der Waals surface area contributed by atoms with Crippen molar-refractivity contribution in [2.75, 3.05) is 6.61 Å². The molecule has 0 unspecified atom stereocenters. The fourth-order valence-corrected chi connectivity index (χ4v) is 2.59. The van der Waals surface area contributed by atoms with Gasteiger partial charge >= 0.3 is 0 Å². The van der Waals surface area contributed by atoms with Crippen molar-refractivity contribution in [1.29, 1.82) is 0 Å². The zero-order valence-electron chi connectivity index (χ0n) is 13.3. The summed E-state index contributed by atoms with van der Waals surface area (Å²) < 4.78 is 5.93. The van der Waals surface area contributed by atoms with E-state index in [4.69, 9.17) is 4.74 Å². The van der Waals surface area contributed by atoms with E-state index in [9.17, 15) is 5.11 Å². The van der Waals surface area contributed by atoms with Crippen molar-refractivity contribution in [2.45, 2.75) is 65.4 Å². The number of benzene rings is 1. The second-order valence-corrected chi connectivity index (χ2v) is 5.63. The first kappa shape index (κ1) is 17.0. The molecule has 0 saturated carbocycles. The molecular weight excluding hydrogens is 248 g/mol. The van der Waals surface area contributed by atoms with Crippen LogP contribution in [-0.2, 0) is 0 Å². The van der Waals surface area contributed by atoms with Gasteiger partial charge in [0.2, 0.25) is 0 Å². The molecule has 0 radical (unpaired) electrons. The minimum atomic E-state index is -0.370. The molecule has 2 nitrogen and oxygen atoms in total. The van der Waals surface area contributed by atoms with Gasteiger partial charge in [-0.15, -0.1) is 0 Å². The van der Waals surface area contributed by atoms with Crippen LogP contribution in [0.1, 0.15) is 71.0 Å². The molecular formula is C18H30O2. The minimum absolute atomic E-state index is 0.370. The molecule has 0 spiro atoms. The van der Waals surface area contributed by atoms with Gasteiger partial charge in [0.15, 0.2) is 0 Å². The molecule has 114 valence electrons. The van der Waals surface area contributed by atoms with Gasteiger partial charge < -0.3 is 9.84 Å². The normalized spacial score (nSPS) is 12.7. The third-order valence-corrected chi connectivity index (χ3v) is 3.68. The highest BCUT2D eigenvalue weighted by molar-refractivity contribution is 5.29. The molecule has 0 aliphatic carbocycles. The van der Waals surface area contributed by atoms with E-state index < -0.39 is 0 Å². The summed E-state index contributed by atoms with van der Waals surface area (Å²) in [7, 11) is 0. The van der Waals surface area contributed by atoms with Crippen molar-refractivity contribution in [3.63, 3.8) is 0 Å². The molecule has 0 saturated heterocycles. The second kappa shape index (κ2) is 9.82. The standard InChI is InChI=1S/C18H30O2/c1-4-8-15(9-5-2)14-20-17-12-7-11-16(13-17)18(19)10-6-3/h7,11-13,15,18-19H,4-6,8-10,14H2,1-3H3/t18-/m1/s1. The van der Waals surface area contributed by atoms with E-state index in [1.54, 1.807) is 0 Å². The highest BCUT2D eigenvalue weighted by Gasteiger charge is 2.10. The maximum Gasteiger partial charge on any atom is 0.119 e. The van der Waals surface area contributed by atoms with E-state index in [1.165, 1.54) is 25.7 Å². The Morgan fingerprint density at radius 1 is 1.00 bits per heavy atom. The average molecular weight is 278 g/mol. The maximum absolute atomic E-state index is 10.0. The minimum Gasteiger partial charge on any atom is -0.493 e. The first-order chi connectivity index (χ1) is 9.71. The number of aliphatic hydroxyl groups excluding tert-OH is 1. The average Bonchev–Trinajstić information content (AvgIpc) is 2.46. The topological polar surface area (TPSA) is 29.5 Å². The fourth-order valence-electron chi connectivity index (χ4n) is 2.59. The summed E-state index contributed by atoms with van der Waals surface area (Å²) in [5, 5.41) is 10.0. The van der Waals surface area contributed by atoms with Crippen LogP contribution in [0.3, 0.4) is 0 Å². The van der Waals surface area contributed by atoms with Gasteiger partial charge in [-0.2, -0.15) is 0 Å². The first-order valence-electron chi connectivity index (χ1n) is 8.12. The van der Waals surface area contributed by atoms with Crippen molar-refractivity contribution in [2.24, 2.45) is 5.92 Å². The van der Waals surface area contributed by atoms with Crippen LogP contribution in [-0.4, -0.2) is 11.7 Å². The molecule has 1 N–H and O–H groups in total. The second-order valence-electron chi connectivity index (χ2n) is 5.63. The largest absolute Gasteiger partial charge is 0.493 e. The lowest BCUT2D eigenvalue weighted by atomic mass is 9.99. The summed E-state index contributed by atoms with van der Waals surface area (Å²) >= 11 is 0. The highest BCUT2D eigenvalue weighted by atomic mass is 16.5. The van der Waals surface area contributed by atoms with E-state index in [0.29, 0.717) is 5.92 Å². The molecule has 0 amide bonds. The van der Waals surface area contributed by atoms with Gasteiger partial charge in [0, 0.05) is 0 Å². The lowest BCUT2D eigenvalue weighted by Gasteiger charge is -2.17. The number of hydrogen-bond donors (Lipinski definition) is 1. The first-order valence-corrected chi connectivity index (χ1v) is 8.12. The van der Waals surface area contributed by atoms with E-state index in [1.807, 2.05) is 24.3 Å². The summed E-state index contributed by atoms with van der Waals surface area (Å²) in [5.41, 5.74) is 0.965. The van der Waals surface area contributed by atoms with Gasteiger partial charge in [0.05, 0.1) is 12.7 Å². The van der Waals surface area contributed by atoms with Crippen LogP contribution in [0.25, 0.3) is 0 Å². The summed E-state index contributed by atoms with van der Waals surface area (Å²) in [4.78, 5) is 0. The lowest BCUT2D eigenvalue weighted by molar-refractivity contribution is 0.165. The Labute approximate surface area is 124 Å². The van der Waals surface area contributed by atoms with Gasteiger partial charge in [-0.3, -0.25) is 0 Å². The van der Waals surface area contributed by atoms with E-state index >= 15 is 0 Å². The van der Waals surface area contributed by atoms with Crippen molar-refractivity contribution < 1.29 is 9.84 Å². The summed E-state index contributed by atoms with van der Waals surface area (Å²) in [6.07, 6.45) is 6.30. The van der Waals surface area contributed by atoms with Gasteiger partial charge in [-0.25, -0.2) is 0 Å². The molecule has 1 aromatic carbocycles. The van der Waals surface area contributed by atoms with Gasteiger partial charge in [0.25, 0.3) is 0 Å². The van der Waals surface area contributed by atoms with Crippen LogP contribution in [0.15, 0.2) is 24.3 Å². The number of hydrogen-bond acceptors (Lipinski definition) is 2. The smallest absolute Gasteiger partial charge is 0.119 e. The van der Waals surface area contributed by atoms with Crippen LogP contribution in [0, 0.1) is 5.92 Å². The highest BCUT2D eigenvalue weighted by Crippen LogP contribution is 2.23. The number of ether oxygens (including phenoxy) is 1. The summed E-state index contributed by atoms with van der Waals surface area (Å²) in [6, 6.07) is 7.91. The molecule has 0 aliphatic heterocycles. The maximum atomic E-state index is 10.0. The third-order valence-electron chi connectivity index (χ3n) is 3.68. The zero-order chi connectivity index (χ0) is 14.8. The molecule has 1 atom stereocenters. The molecule has 20 heavy (non-hydrogen) atoms. The lowest BCUT2D eigenvalue weighted by Crippen LogP contribution is -2.12. The molecule has 0 aromatic heterocycles. The van der Waals surface area contributed by atoms with E-state index in [2.05, 4.69) is 20.8 Å². The molecule has 2 heteroatoms. The van der Waals surface area contributed by atoms with Gasteiger partial charge in [-0.1, -0.05) is 52.2 Å². The van der Waals surface area contributed by atoms with Crippen LogP contribution >= 0.6 is 0 Å².